The summed E-state index contributed by atoms with van der Waals surface area (Å²) in [6.45, 7) is 3.07. The van der Waals surface area contributed by atoms with E-state index in [1.165, 1.54) is 19.9 Å². The SMILES string of the molecule is CC(=O)C=CCC(CC(C)=O)NC(=O)OCc1ccccc1. The summed E-state index contributed by atoms with van der Waals surface area (Å²) in [6.07, 6.45) is 3.09. The van der Waals surface area contributed by atoms with Crippen molar-refractivity contribution in [3.05, 3.63) is 48.0 Å². The molecule has 0 spiro atoms. The summed E-state index contributed by atoms with van der Waals surface area (Å²) < 4.78 is 5.12. The van der Waals surface area contributed by atoms with Crippen molar-refractivity contribution < 1.29 is 19.1 Å². The van der Waals surface area contributed by atoms with Gasteiger partial charge in [0, 0.05) is 12.5 Å². The third-order valence-corrected chi connectivity index (χ3v) is 2.84. The first kappa shape index (κ1) is 17.6. The molecule has 0 bridgehead atoms. The van der Waals surface area contributed by atoms with Crippen LogP contribution in [0.25, 0.3) is 0 Å². The van der Waals surface area contributed by atoms with Crippen LogP contribution in [0.5, 0.6) is 0 Å². The number of benzene rings is 1. The summed E-state index contributed by atoms with van der Waals surface area (Å²) in [7, 11) is 0. The van der Waals surface area contributed by atoms with Crippen LogP contribution in [0.15, 0.2) is 42.5 Å². The third-order valence-electron chi connectivity index (χ3n) is 2.84. The molecular formula is C17H21NO4. The van der Waals surface area contributed by atoms with Gasteiger partial charge in [0.2, 0.25) is 0 Å². The first-order valence-corrected chi connectivity index (χ1v) is 7.11. The lowest BCUT2D eigenvalue weighted by atomic mass is 10.1. The lowest BCUT2D eigenvalue weighted by Gasteiger charge is -2.15. The van der Waals surface area contributed by atoms with Crippen LogP contribution in [-0.4, -0.2) is 23.7 Å². The zero-order valence-electron chi connectivity index (χ0n) is 12.9. The monoisotopic (exact) mass is 303 g/mol. The minimum Gasteiger partial charge on any atom is -0.445 e. The average Bonchev–Trinajstić information content (AvgIpc) is 2.45. The highest BCUT2D eigenvalue weighted by molar-refractivity contribution is 5.87. The van der Waals surface area contributed by atoms with Crippen LogP contribution < -0.4 is 5.32 Å². The molecule has 118 valence electrons. The molecule has 0 heterocycles. The largest absolute Gasteiger partial charge is 0.445 e. The summed E-state index contributed by atoms with van der Waals surface area (Å²) in [5, 5.41) is 2.65. The molecule has 1 unspecified atom stereocenters. The fourth-order valence-corrected chi connectivity index (χ4v) is 1.87. The Morgan fingerprint density at radius 1 is 1.18 bits per heavy atom. The molecule has 0 fully saturated rings. The number of nitrogens with one attached hydrogen (secondary N) is 1. The Hall–Kier alpha value is -2.43. The highest BCUT2D eigenvalue weighted by Crippen LogP contribution is 2.04. The number of hydrogen-bond donors (Lipinski definition) is 1. The van der Waals surface area contributed by atoms with E-state index < -0.39 is 6.09 Å². The predicted octanol–water partition coefficient (Wildman–Crippen LogP) is 2.80. The van der Waals surface area contributed by atoms with Crippen molar-refractivity contribution in [2.24, 2.45) is 0 Å². The molecule has 0 aliphatic heterocycles. The lowest BCUT2D eigenvalue weighted by Crippen LogP contribution is -2.36. The Labute approximate surface area is 130 Å². The van der Waals surface area contributed by atoms with Crippen molar-refractivity contribution in [2.45, 2.75) is 39.3 Å². The highest BCUT2D eigenvalue weighted by atomic mass is 16.5. The molecule has 0 aliphatic rings. The Bertz CT molecular complexity index is 537. The zero-order valence-corrected chi connectivity index (χ0v) is 12.9. The Morgan fingerprint density at radius 2 is 1.86 bits per heavy atom. The molecule has 1 atom stereocenters. The zero-order chi connectivity index (χ0) is 16.4. The van der Waals surface area contributed by atoms with E-state index in [-0.39, 0.29) is 30.6 Å². The summed E-state index contributed by atoms with van der Waals surface area (Å²) in [5.74, 6) is -0.113. The van der Waals surface area contributed by atoms with E-state index in [0.717, 1.165) is 5.56 Å². The molecule has 5 nitrogen and oxygen atoms in total. The fourth-order valence-electron chi connectivity index (χ4n) is 1.87. The molecule has 0 saturated heterocycles. The molecule has 0 aliphatic carbocycles. The van der Waals surface area contributed by atoms with Gasteiger partial charge in [0.1, 0.15) is 12.4 Å². The minimum absolute atomic E-state index is 0.0374. The van der Waals surface area contributed by atoms with Gasteiger partial charge in [-0.05, 0) is 31.9 Å². The number of amides is 1. The second kappa shape index (κ2) is 9.50. The normalized spacial score (nSPS) is 11.9. The van der Waals surface area contributed by atoms with Crippen molar-refractivity contribution in [1.82, 2.24) is 5.32 Å². The van der Waals surface area contributed by atoms with Gasteiger partial charge < -0.3 is 10.1 Å². The summed E-state index contributed by atoms with van der Waals surface area (Å²) in [4.78, 5) is 33.9. The Morgan fingerprint density at radius 3 is 2.45 bits per heavy atom. The molecule has 0 aromatic heterocycles. The molecule has 1 amide bonds. The van der Waals surface area contributed by atoms with Crippen molar-refractivity contribution in [2.75, 3.05) is 0 Å². The lowest BCUT2D eigenvalue weighted by molar-refractivity contribution is -0.117. The van der Waals surface area contributed by atoms with Crippen LogP contribution in [0.3, 0.4) is 0 Å². The number of allylic oxidation sites excluding steroid dienone is 1. The van der Waals surface area contributed by atoms with Crippen LogP contribution in [0.1, 0.15) is 32.3 Å². The number of Topliss-reactive ketones (excluding diaryl/α,β-unsaturated/α-hetero) is 1. The van der Waals surface area contributed by atoms with Gasteiger partial charge in [-0.15, -0.1) is 0 Å². The summed E-state index contributed by atoms with van der Waals surface area (Å²) in [5.41, 5.74) is 0.886. The van der Waals surface area contributed by atoms with E-state index in [9.17, 15) is 14.4 Å². The molecule has 1 aromatic rings. The molecule has 5 heteroatoms. The van der Waals surface area contributed by atoms with E-state index in [2.05, 4.69) is 5.32 Å². The van der Waals surface area contributed by atoms with Crippen LogP contribution in [0.4, 0.5) is 4.79 Å². The first-order chi connectivity index (χ1) is 10.5. The number of alkyl carbamates (subject to hydrolysis) is 1. The van der Waals surface area contributed by atoms with E-state index in [4.69, 9.17) is 4.74 Å². The smallest absolute Gasteiger partial charge is 0.407 e. The molecule has 1 N–H and O–H groups in total. The van der Waals surface area contributed by atoms with E-state index in [1.54, 1.807) is 6.08 Å². The molecule has 0 radical (unpaired) electrons. The van der Waals surface area contributed by atoms with Crippen LogP contribution >= 0.6 is 0 Å². The van der Waals surface area contributed by atoms with Crippen LogP contribution in [-0.2, 0) is 20.9 Å². The second-order valence-electron chi connectivity index (χ2n) is 5.06. The number of hydrogen-bond acceptors (Lipinski definition) is 4. The standard InChI is InChI=1S/C17H21NO4/c1-13(19)7-6-10-16(11-14(2)20)18-17(21)22-12-15-8-4-3-5-9-15/h3-9,16H,10-12H2,1-2H3,(H,18,21). The molecule has 1 aromatic carbocycles. The number of carbonyl (C=O) groups excluding carboxylic acids is 3. The number of ether oxygens (including phenoxy) is 1. The first-order valence-electron chi connectivity index (χ1n) is 7.11. The van der Waals surface area contributed by atoms with E-state index in [1.807, 2.05) is 30.3 Å². The van der Waals surface area contributed by atoms with Gasteiger partial charge in [-0.2, -0.15) is 0 Å². The van der Waals surface area contributed by atoms with Crippen molar-refractivity contribution in [3.63, 3.8) is 0 Å². The second-order valence-corrected chi connectivity index (χ2v) is 5.06. The van der Waals surface area contributed by atoms with Gasteiger partial charge in [0.05, 0.1) is 0 Å². The van der Waals surface area contributed by atoms with Gasteiger partial charge in [-0.25, -0.2) is 4.79 Å². The van der Waals surface area contributed by atoms with Crippen LogP contribution in [0.2, 0.25) is 0 Å². The van der Waals surface area contributed by atoms with Gasteiger partial charge in [-0.3, -0.25) is 9.59 Å². The molecule has 0 saturated carbocycles. The van der Waals surface area contributed by atoms with Gasteiger partial charge in [0.25, 0.3) is 0 Å². The van der Waals surface area contributed by atoms with Crippen LogP contribution in [0, 0.1) is 0 Å². The van der Waals surface area contributed by atoms with Crippen molar-refractivity contribution in [1.29, 1.82) is 0 Å². The Kier molecular flexibility index (Phi) is 7.61. The number of ketones is 2. The highest BCUT2D eigenvalue weighted by Gasteiger charge is 2.14. The quantitative estimate of drug-likeness (QED) is 0.750. The minimum atomic E-state index is -0.577. The fraction of sp³-hybridized carbons (Fsp3) is 0.353. The molecular weight excluding hydrogens is 282 g/mol. The van der Waals surface area contributed by atoms with Crippen molar-refractivity contribution >= 4 is 17.7 Å². The number of rotatable bonds is 8. The maximum Gasteiger partial charge on any atom is 0.407 e. The Balaban J connectivity index is 2.47. The average molecular weight is 303 g/mol. The predicted molar refractivity (Wildman–Crippen MR) is 83.3 cm³/mol. The maximum absolute atomic E-state index is 11.8. The topological polar surface area (TPSA) is 72.5 Å². The van der Waals surface area contributed by atoms with Gasteiger partial charge >= 0.3 is 6.09 Å². The molecule has 22 heavy (non-hydrogen) atoms. The van der Waals surface area contributed by atoms with Gasteiger partial charge in [0.15, 0.2) is 5.78 Å². The van der Waals surface area contributed by atoms with E-state index in [0.29, 0.717) is 6.42 Å². The van der Waals surface area contributed by atoms with Crippen molar-refractivity contribution in [3.8, 4) is 0 Å². The van der Waals surface area contributed by atoms with Gasteiger partial charge in [-0.1, -0.05) is 36.4 Å². The number of carbonyl (C=O) groups is 3. The summed E-state index contributed by atoms with van der Waals surface area (Å²) >= 11 is 0. The summed E-state index contributed by atoms with van der Waals surface area (Å²) in [6, 6.07) is 8.94. The maximum atomic E-state index is 11.8. The third kappa shape index (κ3) is 7.99. The van der Waals surface area contributed by atoms with E-state index >= 15 is 0 Å². The molecule has 1 rings (SSSR count).